The monoisotopic (exact) mass is 410 g/mol. The maximum atomic E-state index is 9.87. The van der Waals surface area contributed by atoms with Crippen molar-refractivity contribution < 1.29 is 29.7 Å². The van der Waals surface area contributed by atoms with E-state index in [0.717, 1.165) is 13.1 Å². The van der Waals surface area contributed by atoms with Gasteiger partial charge in [0.15, 0.2) is 6.20 Å². The summed E-state index contributed by atoms with van der Waals surface area (Å²) in [6.07, 6.45) is 7.00. The molecular weight excluding hydrogens is 389 g/mol. The zero-order valence-corrected chi connectivity index (χ0v) is 15.6. The zero-order chi connectivity index (χ0) is 20.2. The third-order valence-electron chi connectivity index (χ3n) is 3.90. The normalized spacial score (nSPS) is 17.6. The van der Waals surface area contributed by atoms with Gasteiger partial charge in [0.1, 0.15) is 7.05 Å². The summed E-state index contributed by atoms with van der Waals surface area (Å²) in [5.74, 6) is 0. The molecule has 0 unspecified atom stereocenters. The average molecular weight is 410 g/mol. The Morgan fingerprint density at radius 3 is 1.93 bits per heavy atom. The summed E-state index contributed by atoms with van der Waals surface area (Å²) in [5, 5.41) is 0. The van der Waals surface area contributed by atoms with E-state index in [1.807, 2.05) is 0 Å². The third kappa shape index (κ3) is 8.91. The van der Waals surface area contributed by atoms with Crippen LogP contribution in [0.4, 0.5) is 25.2 Å². The van der Waals surface area contributed by atoms with Gasteiger partial charge in [-0.1, -0.05) is 30.3 Å². The Morgan fingerprint density at radius 2 is 1.41 bits per heavy atom. The molecule has 3 rings (SSSR count). The van der Waals surface area contributed by atoms with E-state index in [-0.39, 0.29) is 0 Å². The molecule has 0 atom stereocenters. The molecule has 0 amide bonds. The number of hydrogen-bond acceptors (Lipinski definition) is 1. The number of nitrogens with zero attached hydrogens (tertiary/aromatic N) is 2. The van der Waals surface area contributed by atoms with Gasteiger partial charge in [0, 0.05) is 31.3 Å². The number of halogens is 6. The molecule has 1 aliphatic heterocycles. The second kappa shape index (κ2) is 7.15. The van der Waals surface area contributed by atoms with Gasteiger partial charge in [0.05, 0.1) is 5.70 Å². The fourth-order valence-corrected chi connectivity index (χ4v) is 2.75. The van der Waals surface area contributed by atoms with E-state index in [1.165, 1.54) is 29.8 Å². The Morgan fingerprint density at radius 1 is 0.889 bits per heavy atom. The molecule has 150 valence electrons. The molecule has 1 fully saturated rings. The molecule has 0 aliphatic carbocycles. The number of pyridine rings is 1. The van der Waals surface area contributed by atoms with Crippen LogP contribution in [-0.2, 0) is 7.05 Å². The molecule has 9 heteroatoms. The van der Waals surface area contributed by atoms with Crippen molar-refractivity contribution in [2.24, 2.45) is 7.05 Å². The average Bonchev–Trinajstić information content (AvgIpc) is 3.06. The Labute approximate surface area is 154 Å². The fourth-order valence-electron chi connectivity index (χ4n) is 2.75. The zero-order valence-electron chi connectivity index (χ0n) is 14.7. The summed E-state index contributed by atoms with van der Waals surface area (Å²) in [6, 6.07) is 17.0. The molecular formula is C18H21F6N2P. The van der Waals surface area contributed by atoms with Crippen LogP contribution in [-0.4, -0.2) is 18.0 Å². The van der Waals surface area contributed by atoms with Crippen LogP contribution in [0.2, 0.25) is 0 Å². The number of aryl methyl sites for hydroxylation is 1. The van der Waals surface area contributed by atoms with Crippen LogP contribution in [0.15, 0.2) is 54.7 Å². The Balaban J connectivity index is 0.000000321. The third-order valence-corrected chi connectivity index (χ3v) is 3.90. The number of benzene rings is 1. The van der Waals surface area contributed by atoms with Crippen molar-refractivity contribution in [1.82, 2.24) is 4.90 Å². The van der Waals surface area contributed by atoms with E-state index in [9.17, 15) is 25.2 Å². The molecule has 27 heavy (non-hydrogen) atoms. The van der Waals surface area contributed by atoms with E-state index in [1.54, 1.807) is 0 Å². The number of aromatic nitrogens is 1. The molecule has 1 aromatic heterocycles. The van der Waals surface area contributed by atoms with Gasteiger partial charge in [0.2, 0.25) is 5.69 Å². The van der Waals surface area contributed by atoms with Crippen molar-refractivity contribution in [3.63, 3.8) is 0 Å². The minimum atomic E-state index is -10.7. The predicted molar refractivity (Wildman–Crippen MR) is 96.3 cm³/mol. The van der Waals surface area contributed by atoms with Gasteiger partial charge in [-0.15, -0.1) is 0 Å². The van der Waals surface area contributed by atoms with Crippen LogP contribution < -0.4 is 4.57 Å². The first-order valence-corrected chi connectivity index (χ1v) is 10.4. The van der Waals surface area contributed by atoms with Gasteiger partial charge in [0.25, 0.3) is 0 Å². The first-order valence-electron chi connectivity index (χ1n) is 8.33. The second-order valence-corrected chi connectivity index (χ2v) is 8.20. The van der Waals surface area contributed by atoms with Crippen molar-refractivity contribution in [3.05, 3.63) is 66.0 Å². The summed E-state index contributed by atoms with van der Waals surface area (Å²) in [4.78, 5) is 2.50. The molecule has 1 aromatic carbocycles. The molecule has 1 saturated heterocycles. The molecule has 2 aromatic rings. The first-order chi connectivity index (χ1) is 12.3. The van der Waals surface area contributed by atoms with Gasteiger partial charge in [-0.05, 0) is 24.5 Å². The van der Waals surface area contributed by atoms with Crippen LogP contribution in [0, 0.1) is 0 Å². The summed E-state index contributed by atoms with van der Waals surface area (Å²) in [6.45, 7) is 2.33. The summed E-state index contributed by atoms with van der Waals surface area (Å²) < 4.78 is 61.4. The SMILES string of the molecule is C[n+]1ccccc1/C=C(\c1ccccc1)N1CCCC1.F[P-](F)(F)(F)(F)F. The molecule has 0 N–H and O–H groups in total. The van der Waals surface area contributed by atoms with Crippen molar-refractivity contribution in [2.45, 2.75) is 12.8 Å². The minimum absolute atomic E-state index is 1.16. The fraction of sp³-hybridized carbons (Fsp3) is 0.278. The molecule has 0 bridgehead atoms. The van der Waals surface area contributed by atoms with Crippen LogP contribution in [0.1, 0.15) is 24.1 Å². The first kappa shape index (κ1) is 21.2. The summed E-state index contributed by atoms with van der Waals surface area (Å²) in [7, 11) is -8.56. The van der Waals surface area contributed by atoms with Crippen molar-refractivity contribution in [1.29, 1.82) is 0 Å². The number of hydrogen-bond donors (Lipinski definition) is 0. The second-order valence-electron chi connectivity index (χ2n) is 6.28. The Kier molecular flexibility index (Phi) is 5.62. The number of rotatable bonds is 3. The van der Waals surface area contributed by atoms with Gasteiger partial charge < -0.3 is 4.90 Å². The van der Waals surface area contributed by atoms with Crippen LogP contribution in [0.5, 0.6) is 0 Å². The Bertz CT molecular complexity index is 786. The van der Waals surface area contributed by atoms with Gasteiger partial charge in [-0.2, -0.15) is 0 Å². The van der Waals surface area contributed by atoms with Gasteiger partial charge >= 0.3 is 33.0 Å². The van der Waals surface area contributed by atoms with Crippen molar-refractivity contribution in [2.75, 3.05) is 13.1 Å². The quantitative estimate of drug-likeness (QED) is 0.319. The maximum absolute atomic E-state index is 10.7. The molecule has 0 saturated carbocycles. The van der Waals surface area contributed by atoms with E-state index < -0.39 is 7.81 Å². The van der Waals surface area contributed by atoms with E-state index in [4.69, 9.17) is 0 Å². The Hall–Kier alpha value is -2.08. The topological polar surface area (TPSA) is 7.12 Å². The van der Waals surface area contributed by atoms with E-state index >= 15 is 0 Å². The van der Waals surface area contributed by atoms with Crippen molar-refractivity contribution >= 4 is 19.6 Å². The van der Waals surface area contributed by atoms with Gasteiger partial charge in [-0.25, -0.2) is 4.57 Å². The van der Waals surface area contributed by atoms with Crippen LogP contribution >= 0.6 is 7.81 Å². The van der Waals surface area contributed by atoms with Gasteiger partial charge in [-0.3, -0.25) is 0 Å². The van der Waals surface area contributed by atoms with Crippen LogP contribution in [0.25, 0.3) is 11.8 Å². The summed E-state index contributed by atoms with van der Waals surface area (Å²) >= 11 is 0. The predicted octanol–water partition coefficient (Wildman–Crippen LogP) is 6.49. The molecule has 2 heterocycles. The van der Waals surface area contributed by atoms with Crippen molar-refractivity contribution in [3.8, 4) is 0 Å². The standard InChI is InChI=1S/C18H21N2.F6P/c1-19-12-6-5-11-17(19)15-18(20-13-7-8-14-20)16-9-3-2-4-10-16;1-7(2,3,4,5)6/h2-6,9-12,15H,7-8,13-14H2,1H3;/q+1;-1. The molecule has 1 aliphatic rings. The molecule has 0 spiro atoms. The molecule has 2 nitrogen and oxygen atoms in total. The summed E-state index contributed by atoms with van der Waals surface area (Å²) in [5.41, 5.74) is 3.88. The molecule has 0 radical (unpaired) electrons. The number of likely N-dealkylation sites (tertiary alicyclic amines) is 1. The van der Waals surface area contributed by atoms with E-state index in [2.05, 4.69) is 77.3 Å². The van der Waals surface area contributed by atoms with E-state index in [0.29, 0.717) is 0 Å². The van der Waals surface area contributed by atoms with Crippen LogP contribution in [0.3, 0.4) is 0 Å².